The Morgan fingerprint density at radius 1 is 1.32 bits per heavy atom. The number of hydrogen-bond donors (Lipinski definition) is 3. The van der Waals surface area contributed by atoms with Crippen LogP contribution < -0.4 is 4.74 Å². The van der Waals surface area contributed by atoms with Gasteiger partial charge in [0.2, 0.25) is 0 Å². The monoisotopic (exact) mass is 308 g/mol. The summed E-state index contributed by atoms with van der Waals surface area (Å²) in [7, 11) is 0. The molecule has 0 aromatic carbocycles. The van der Waals surface area contributed by atoms with Crippen molar-refractivity contribution in [3.8, 4) is 5.75 Å². The Balaban J connectivity index is 1.64. The summed E-state index contributed by atoms with van der Waals surface area (Å²) in [5, 5.41) is 36.8. The fourth-order valence-corrected chi connectivity index (χ4v) is 2.12. The molecule has 4 unspecified atom stereocenters. The summed E-state index contributed by atoms with van der Waals surface area (Å²) < 4.78 is 12.1. The van der Waals surface area contributed by atoms with E-state index in [4.69, 9.17) is 9.47 Å². The van der Waals surface area contributed by atoms with Gasteiger partial charge < -0.3 is 24.8 Å². The Labute approximate surface area is 125 Å². The topological polar surface area (TPSA) is 123 Å². The van der Waals surface area contributed by atoms with E-state index in [1.165, 1.54) is 4.68 Å². The zero-order valence-electron chi connectivity index (χ0n) is 11.6. The molecule has 0 saturated carbocycles. The standard InChI is InChI=1S/C13H16N4O5/c18-10-7-22-13(12(20)11(10)19)17-5-8(15-16-17)6-21-9-2-1-3-14-4-9/h1-5,10-13,18-20H,6-7H2. The van der Waals surface area contributed by atoms with Crippen LogP contribution in [0.4, 0.5) is 0 Å². The second kappa shape index (κ2) is 6.36. The molecule has 0 spiro atoms. The maximum atomic E-state index is 9.92. The maximum Gasteiger partial charge on any atom is 0.180 e. The first-order valence-corrected chi connectivity index (χ1v) is 6.74. The summed E-state index contributed by atoms with van der Waals surface area (Å²) in [6.45, 7) is 0.0873. The third kappa shape index (κ3) is 3.07. The predicted octanol–water partition coefficient (Wildman–Crippen LogP) is -1.14. The van der Waals surface area contributed by atoms with E-state index < -0.39 is 24.5 Å². The largest absolute Gasteiger partial charge is 0.486 e. The van der Waals surface area contributed by atoms with Crippen LogP contribution in [0.25, 0.3) is 0 Å². The summed E-state index contributed by atoms with van der Waals surface area (Å²) in [5.41, 5.74) is 0.528. The molecule has 3 rings (SSSR count). The molecular formula is C13H16N4O5. The van der Waals surface area contributed by atoms with E-state index in [2.05, 4.69) is 15.3 Å². The lowest BCUT2D eigenvalue weighted by atomic mass is 10.0. The Hall–Kier alpha value is -2.07. The second-order valence-corrected chi connectivity index (χ2v) is 4.94. The van der Waals surface area contributed by atoms with Gasteiger partial charge in [-0.05, 0) is 12.1 Å². The molecule has 3 heterocycles. The molecule has 2 aromatic rings. The van der Waals surface area contributed by atoms with Crippen molar-refractivity contribution in [1.29, 1.82) is 0 Å². The number of ether oxygens (including phenoxy) is 2. The van der Waals surface area contributed by atoms with Gasteiger partial charge in [0.25, 0.3) is 0 Å². The van der Waals surface area contributed by atoms with Crippen LogP contribution in [0.5, 0.6) is 5.75 Å². The highest BCUT2D eigenvalue weighted by Crippen LogP contribution is 2.23. The normalized spacial score (nSPS) is 28.5. The molecule has 9 nitrogen and oxygen atoms in total. The van der Waals surface area contributed by atoms with Gasteiger partial charge in [-0.3, -0.25) is 4.98 Å². The first kappa shape index (κ1) is 14.9. The van der Waals surface area contributed by atoms with Crippen molar-refractivity contribution in [2.24, 2.45) is 0 Å². The minimum Gasteiger partial charge on any atom is -0.486 e. The van der Waals surface area contributed by atoms with Crippen LogP contribution in [-0.4, -0.2) is 60.2 Å². The van der Waals surface area contributed by atoms with Crippen LogP contribution in [0.1, 0.15) is 11.9 Å². The van der Waals surface area contributed by atoms with E-state index in [0.29, 0.717) is 11.4 Å². The molecule has 0 amide bonds. The highest BCUT2D eigenvalue weighted by atomic mass is 16.5. The molecule has 1 fully saturated rings. The zero-order valence-corrected chi connectivity index (χ0v) is 11.6. The fraction of sp³-hybridized carbons (Fsp3) is 0.462. The number of nitrogens with zero attached hydrogens (tertiary/aromatic N) is 4. The van der Waals surface area contributed by atoms with Gasteiger partial charge in [-0.2, -0.15) is 0 Å². The fourth-order valence-electron chi connectivity index (χ4n) is 2.12. The van der Waals surface area contributed by atoms with Gasteiger partial charge in [-0.1, -0.05) is 5.21 Å². The summed E-state index contributed by atoms with van der Waals surface area (Å²) in [5.74, 6) is 0.601. The molecule has 3 N–H and O–H groups in total. The lowest BCUT2D eigenvalue weighted by Gasteiger charge is -2.34. The third-order valence-electron chi connectivity index (χ3n) is 3.31. The molecule has 9 heteroatoms. The Morgan fingerprint density at radius 2 is 2.18 bits per heavy atom. The van der Waals surface area contributed by atoms with Crippen molar-refractivity contribution in [1.82, 2.24) is 20.0 Å². The van der Waals surface area contributed by atoms with Crippen molar-refractivity contribution in [2.75, 3.05) is 6.61 Å². The molecular weight excluding hydrogens is 292 g/mol. The SMILES string of the molecule is OC1COC(n2cc(COc3cccnc3)nn2)C(O)C1O. The minimum atomic E-state index is -1.29. The molecule has 2 aromatic heterocycles. The lowest BCUT2D eigenvalue weighted by Crippen LogP contribution is -2.50. The number of pyridine rings is 1. The minimum absolute atomic E-state index is 0.0930. The molecule has 1 saturated heterocycles. The molecule has 0 aliphatic carbocycles. The van der Waals surface area contributed by atoms with E-state index in [1.54, 1.807) is 30.7 Å². The highest BCUT2D eigenvalue weighted by Gasteiger charge is 2.39. The van der Waals surface area contributed by atoms with Crippen molar-refractivity contribution < 1.29 is 24.8 Å². The number of aromatic nitrogens is 4. The molecule has 118 valence electrons. The van der Waals surface area contributed by atoms with Gasteiger partial charge in [-0.15, -0.1) is 5.10 Å². The van der Waals surface area contributed by atoms with Gasteiger partial charge in [0.1, 0.15) is 36.4 Å². The summed E-state index contributed by atoms with van der Waals surface area (Å²) in [4.78, 5) is 3.93. The average Bonchev–Trinajstić information content (AvgIpc) is 3.00. The Morgan fingerprint density at radius 3 is 2.95 bits per heavy atom. The first-order chi connectivity index (χ1) is 10.6. The van der Waals surface area contributed by atoms with Crippen molar-refractivity contribution in [3.63, 3.8) is 0 Å². The van der Waals surface area contributed by atoms with E-state index >= 15 is 0 Å². The van der Waals surface area contributed by atoms with Crippen molar-refractivity contribution in [2.45, 2.75) is 31.1 Å². The third-order valence-corrected chi connectivity index (χ3v) is 3.31. The molecule has 0 bridgehead atoms. The van der Waals surface area contributed by atoms with E-state index in [-0.39, 0.29) is 13.2 Å². The van der Waals surface area contributed by atoms with Crippen LogP contribution >= 0.6 is 0 Å². The van der Waals surface area contributed by atoms with Gasteiger partial charge in [-0.25, -0.2) is 4.68 Å². The molecule has 0 radical (unpaired) electrons. The molecule has 1 aliphatic rings. The van der Waals surface area contributed by atoms with E-state index in [0.717, 1.165) is 0 Å². The maximum absolute atomic E-state index is 9.92. The average molecular weight is 308 g/mol. The first-order valence-electron chi connectivity index (χ1n) is 6.74. The predicted molar refractivity (Wildman–Crippen MR) is 71.6 cm³/mol. The quantitative estimate of drug-likeness (QED) is 0.648. The van der Waals surface area contributed by atoms with Crippen molar-refractivity contribution in [3.05, 3.63) is 36.4 Å². The van der Waals surface area contributed by atoms with Gasteiger partial charge in [0.05, 0.1) is 19.0 Å². The van der Waals surface area contributed by atoms with E-state index in [1.807, 2.05) is 0 Å². The van der Waals surface area contributed by atoms with Crippen LogP contribution in [0.3, 0.4) is 0 Å². The summed E-state index contributed by atoms with van der Waals surface area (Å²) in [6.07, 6.45) is 0.159. The molecule has 22 heavy (non-hydrogen) atoms. The van der Waals surface area contributed by atoms with Gasteiger partial charge in [0, 0.05) is 6.20 Å². The van der Waals surface area contributed by atoms with Crippen LogP contribution in [0, 0.1) is 0 Å². The summed E-state index contributed by atoms with van der Waals surface area (Å²) in [6, 6.07) is 3.52. The van der Waals surface area contributed by atoms with Crippen molar-refractivity contribution >= 4 is 0 Å². The Kier molecular flexibility index (Phi) is 4.29. The second-order valence-electron chi connectivity index (χ2n) is 4.94. The number of rotatable bonds is 4. The van der Waals surface area contributed by atoms with Gasteiger partial charge in [0.15, 0.2) is 6.23 Å². The van der Waals surface area contributed by atoms with E-state index in [9.17, 15) is 15.3 Å². The number of aliphatic hydroxyl groups excluding tert-OH is 3. The molecule has 1 aliphatic heterocycles. The Bertz CT molecular complexity index is 607. The van der Waals surface area contributed by atoms with Crippen LogP contribution in [0.15, 0.2) is 30.7 Å². The van der Waals surface area contributed by atoms with Crippen LogP contribution in [-0.2, 0) is 11.3 Å². The highest BCUT2D eigenvalue weighted by molar-refractivity contribution is 5.15. The smallest absolute Gasteiger partial charge is 0.180 e. The lowest BCUT2D eigenvalue weighted by molar-refractivity contribution is -0.214. The number of hydrogen-bond acceptors (Lipinski definition) is 8. The van der Waals surface area contributed by atoms with Crippen LogP contribution in [0.2, 0.25) is 0 Å². The zero-order chi connectivity index (χ0) is 15.5. The summed E-state index contributed by atoms with van der Waals surface area (Å²) >= 11 is 0. The van der Waals surface area contributed by atoms with Gasteiger partial charge >= 0.3 is 0 Å². The number of aliphatic hydroxyl groups is 3. The molecule has 4 atom stereocenters.